The van der Waals surface area contributed by atoms with Crippen LogP contribution in [0, 0.1) is 19.3 Å². The van der Waals surface area contributed by atoms with Crippen LogP contribution in [-0.2, 0) is 10.5 Å². The fourth-order valence-corrected chi connectivity index (χ4v) is 4.45. The molecule has 1 unspecified atom stereocenters. The van der Waals surface area contributed by atoms with Crippen LogP contribution in [0.25, 0.3) is 5.69 Å². The van der Waals surface area contributed by atoms with E-state index in [2.05, 4.69) is 34.6 Å². The zero-order chi connectivity index (χ0) is 23.5. The lowest BCUT2D eigenvalue weighted by Crippen LogP contribution is -2.40. The molecule has 0 bridgehead atoms. The van der Waals surface area contributed by atoms with E-state index in [1.807, 2.05) is 62.6 Å². The number of nitrogens with zero attached hydrogens (tertiary/aromatic N) is 3. The van der Waals surface area contributed by atoms with E-state index in [9.17, 15) is 4.79 Å². The zero-order valence-corrected chi connectivity index (χ0v) is 21.3. The second-order valence-electron chi connectivity index (χ2n) is 8.53. The molecule has 1 amide bonds. The van der Waals surface area contributed by atoms with Crippen LogP contribution < -0.4 is 5.32 Å². The zero-order valence-electron chi connectivity index (χ0n) is 18.9. The molecule has 0 fully saturated rings. The van der Waals surface area contributed by atoms with Crippen molar-refractivity contribution in [2.45, 2.75) is 51.6 Å². The summed E-state index contributed by atoms with van der Waals surface area (Å²) in [6.45, 7) is 9.65. The van der Waals surface area contributed by atoms with Crippen molar-refractivity contribution in [3.63, 3.8) is 0 Å². The highest BCUT2D eigenvalue weighted by Gasteiger charge is 2.30. The number of hydrogen-bond donors (Lipinski definition) is 1. The Labute approximate surface area is 203 Å². The Morgan fingerprint density at radius 3 is 2.56 bits per heavy atom. The van der Waals surface area contributed by atoms with E-state index in [4.69, 9.17) is 23.2 Å². The lowest BCUT2D eigenvalue weighted by Gasteiger charge is -2.24. The van der Waals surface area contributed by atoms with Crippen LogP contribution in [0.5, 0.6) is 0 Å². The number of aryl methyl sites for hydroxylation is 2. The Morgan fingerprint density at radius 1 is 1.16 bits per heavy atom. The van der Waals surface area contributed by atoms with Crippen LogP contribution in [0.15, 0.2) is 47.6 Å². The van der Waals surface area contributed by atoms with Gasteiger partial charge in [0.25, 0.3) is 0 Å². The van der Waals surface area contributed by atoms with Crippen LogP contribution in [0.3, 0.4) is 0 Å². The molecule has 1 atom stereocenters. The molecule has 5 nitrogen and oxygen atoms in total. The number of carbonyl (C=O) groups excluding carboxylic acids is 1. The first-order chi connectivity index (χ1) is 15.1. The minimum atomic E-state index is -0.685. The Bertz CT molecular complexity index is 1110. The second-order valence-corrected chi connectivity index (χ2v) is 10.2. The molecule has 0 aliphatic rings. The number of thioether (sulfide) groups is 1. The first-order valence-corrected chi connectivity index (χ1v) is 12.3. The molecule has 0 aliphatic carbocycles. The van der Waals surface area contributed by atoms with Gasteiger partial charge in [-0.3, -0.25) is 9.36 Å². The van der Waals surface area contributed by atoms with Gasteiger partial charge in [-0.2, -0.15) is 0 Å². The molecule has 8 heteroatoms. The van der Waals surface area contributed by atoms with Gasteiger partial charge < -0.3 is 5.32 Å². The maximum atomic E-state index is 12.7. The van der Waals surface area contributed by atoms with Crippen molar-refractivity contribution < 1.29 is 4.79 Å². The molecule has 170 valence electrons. The van der Waals surface area contributed by atoms with Gasteiger partial charge in [-0.1, -0.05) is 53.7 Å². The van der Waals surface area contributed by atoms with Gasteiger partial charge in [0.1, 0.15) is 0 Å². The van der Waals surface area contributed by atoms with Crippen molar-refractivity contribution in [3.8, 4) is 5.69 Å². The Kier molecular flexibility index (Phi) is 7.91. The van der Waals surface area contributed by atoms with Gasteiger partial charge in [-0.05, 0) is 63.4 Å². The molecule has 1 aromatic heterocycles. The minimum Gasteiger partial charge on any atom is -0.346 e. The summed E-state index contributed by atoms with van der Waals surface area (Å²) in [5.41, 5.74) is 3.71. The average Bonchev–Trinajstić information content (AvgIpc) is 3.18. The number of rotatable bonds is 8. The van der Waals surface area contributed by atoms with Crippen LogP contribution >= 0.6 is 35.0 Å². The van der Waals surface area contributed by atoms with Gasteiger partial charge >= 0.3 is 0 Å². The summed E-state index contributed by atoms with van der Waals surface area (Å²) in [6, 6.07) is 13.6. The molecule has 1 heterocycles. The maximum Gasteiger partial charge on any atom is 0.227 e. The van der Waals surface area contributed by atoms with E-state index < -0.39 is 5.41 Å². The van der Waals surface area contributed by atoms with Gasteiger partial charge in [0.2, 0.25) is 5.91 Å². The highest BCUT2D eigenvalue weighted by molar-refractivity contribution is 7.98. The van der Waals surface area contributed by atoms with E-state index >= 15 is 0 Å². The molecular formula is C24H28Cl2N4OS. The van der Waals surface area contributed by atoms with E-state index in [0.29, 0.717) is 10.8 Å². The van der Waals surface area contributed by atoms with Crippen molar-refractivity contribution in [3.05, 3.63) is 70.0 Å². The molecule has 3 rings (SSSR count). The third kappa shape index (κ3) is 5.48. The van der Waals surface area contributed by atoms with Crippen molar-refractivity contribution in [2.75, 3.05) is 5.88 Å². The lowest BCUT2D eigenvalue weighted by molar-refractivity contribution is -0.129. The molecule has 3 aromatic rings. The summed E-state index contributed by atoms with van der Waals surface area (Å²) >= 11 is 13.9. The molecule has 0 aliphatic heterocycles. The largest absolute Gasteiger partial charge is 0.346 e. The molecule has 2 aromatic carbocycles. The number of carbonyl (C=O) groups is 1. The first-order valence-electron chi connectivity index (χ1n) is 10.4. The van der Waals surface area contributed by atoms with Crippen molar-refractivity contribution >= 4 is 40.9 Å². The molecule has 32 heavy (non-hydrogen) atoms. The number of nitrogens with one attached hydrogen (secondary N) is 1. The third-order valence-corrected chi connectivity index (χ3v) is 7.25. The first kappa shape index (κ1) is 24.6. The van der Waals surface area contributed by atoms with Crippen molar-refractivity contribution in [1.82, 2.24) is 20.1 Å². The average molecular weight is 491 g/mol. The van der Waals surface area contributed by atoms with Crippen LogP contribution in [0.2, 0.25) is 5.02 Å². The smallest absolute Gasteiger partial charge is 0.227 e. The summed E-state index contributed by atoms with van der Waals surface area (Å²) in [6.07, 6.45) is 0. The summed E-state index contributed by atoms with van der Waals surface area (Å²) in [5.74, 6) is 1.49. The molecule has 0 radical (unpaired) electrons. The molecular weight excluding hydrogens is 463 g/mol. The van der Waals surface area contributed by atoms with Crippen LogP contribution in [0.1, 0.15) is 49.3 Å². The van der Waals surface area contributed by atoms with Gasteiger partial charge in [-0.25, -0.2) is 0 Å². The molecule has 0 saturated heterocycles. The van der Waals surface area contributed by atoms with Crippen molar-refractivity contribution in [2.24, 2.45) is 5.41 Å². The minimum absolute atomic E-state index is 0.133. The number of alkyl halides is 1. The topological polar surface area (TPSA) is 59.8 Å². The highest BCUT2D eigenvalue weighted by Crippen LogP contribution is 2.31. The fraction of sp³-hybridized carbons (Fsp3) is 0.375. The summed E-state index contributed by atoms with van der Waals surface area (Å²) in [7, 11) is 0. The molecule has 1 N–H and O–H groups in total. The third-order valence-electron chi connectivity index (χ3n) is 5.37. The fourth-order valence-electron chi connectivity index (χ4n) is 3.14. The second kappa shape index (κ2) is 10.3. The summed E-state index contributed by atoms with van der Waals surface area (Å²) in [4.78, 5) is 12.7. The predicted molar refractivity (Wildman–Crippen MR) is 133 cm³/mol. The Balaban J connectivity index is 1.99. The standard InChI is InChI=1S/C24H28Cl2N4OS/c1-15-8-6-7-9-18(15)13-32-23-29-28-21(17(3)27-22(31)24(4,5)14-25)30(23)20-12-19(26)11-10-16(20)2/h6-12,17H,13-14H2,1-5H3,(H,27,31). The molecule has 0 saturated carbocycles. The van der Waals surface area contributed by atoms with E-state index in [1.165, 1.54) is 11.1 Å². The number of benzene rings is 2. The summed E-state index contributed by atoms with van der Waals surface area (Å²) in [5, 5.41) is 13.3. The van der Waals surface area contributed by atoms with Gasteiger partial charge in [-0.15, -0.1) is 21.8 Å². The van der Waals surface area contributed by atoms with Gasteiger partial charge in [0.05, 0.1) is 17.1 Å². The number of amides is 1. The normalized spacial score (nSPS) is 12.6. The van der Waals surface area contributed by atoms with E-state index in [0.717, 1.165) is 22.2 Å². The van der Waals surface area contributed by atoms with Crippen LogP contribution in [-0.4, -0.2) is 26.6 Å². The number of hydrogen-bond acceptors (Lipinski definition) is 4. The number of aromatic nitrogens is 3. The quantitative estimate of drug-likeness (QED) is 0.298. The van der Waals surface area contributed by atoms with Gasteiger partial charge in [0.15, 0.2) is 11.0 Å². The number of halogens is 2. The van der Waals surface area contributed by atoms with Gasteiger partial charge in [0, 0.05) is 16.7 Å². The highest BCUT2D eigenvalue weighted by atomic mass is 35.5. The Hall–Kier alpha value is -2.02. The SMILES string of the molecule is Cc1ccccc1CSc1nnc(C(C)NC(=O)C(C)(C)CCl)n1-c1cc(Cl)ccc1C. The molecule has 0 spiro atoms. The summed E-state index contributed by atoms with van der Waals surface area (Å²) < 4.78 is 1.99. The van der Waals surface area contributed by atoms with Crippen molar-refractivity contribution in [1.29, 1.82) is 0 Å². The Morgan fingerprint density at radius 2 is 1.88 bits per heavy atom. The van der Waals surface area contributed by atoms with Crippen LogP contribution in [0.4, 0.5) is 0 Å². The lowest BCUT2D eigenvalue weighted by atomic mass is 9.95. The van der Waals surface area contributed by atoms with E-state index in [1.54, 1.807) is 11.8 Å². The maximum absolute atomic E-state index is 12.7. The predicted octanol–water partition coefficient (Wildman–Crippen LogP) is 6.27. The monoisotopic (exact) mass is 490 g/mol. The van der Waals surface area contributed by atoms with E-state index in [-0.39, 0.29) is 17.8 Å².